The van der Waals surface area contributed by atoms with E-state index in [2.05, 4.69) is 34.6 Å². The van der Waals surface area contributed by atoms with Crippen LogP contribution in [0.5, 0.6) is 0 Å². The first-order valence-corrected chi connectivity index (χ1v) is 12.7. The van der Waals surface area contributed by atoms with E-state index in [-0.39, 0.29) is 11.3 Å². The summed E-state index contributed by atoms with van der Waals surface area (Å²) >= 11 is 0. The largest absolute Gasteiger partial charge is 0.300 e. The number of carbonyl (C=O) groups is 2. The van der Waals surface area contributed by atoms with E-state index in [0.29, 0.717) is 41.7 Å². The van der Waals surface area contributed by atoms with Gasteiger partial charge in [-0.05, 0) is 78.4 Å². The van der Waals surface area contributed by atoms with Crippen molar-refractivity contribution >= 4 is 11.6 Å². The van der Waals surface area contributed by atoms with Gasteiger partial charge in [0, 0.05) is 25.2 Å². The highest BCUT2D eigenvalue weighted by Gasteiger charge is 2.62. The third kappa shape index (κ3) is 3.55. The zero-order chi connectivity index (χ0) is 21.0. The van der Waals surface area contributed by atoms with E-state index >= 15 is 0 Å². The first kappa shape index (κ1) is 21.6. The molecule has 0 amide bonds. The number of carbonyl (C=O) groups excluding carboxylic acids is 2. The first-order valence-electron chi connectivity index (χ1n) is 12.7. The monoisotopic (exact) mass is 400 g/mol. The Kier molecular flexibility index (Phi) is 5.79. The molecule has 0 heterocycles. The van der Waals surface area contributed by atoms with Gasteiger partial charge in [-0.25, -0.2) is 0 Å². The topological polar surface area (TPSA) is 34.1 Å². The minimum Gasteiger partial charge on any atom is -0.300 e. The van der Waals surface area contributed by atoms with Crippen molar-refractivity contribution in [1.29, 1.82) is 0 Å². The zero-order valence-corrected chi connectivity index (χ0v) is 19.6. The van der Waals surface area contributed by atoms with Crippen LogP contribution in [0.3, 0.4) is 0 Å². The fourth-order valence-corrected chi connectivity index (χ4v) is 8.86. The standard InChI is InChI=1S/C27H44O2/c1-17(2)7-6-8-18(3)21-9-10-22-20-16-25(29)24-15-19(28)11-13-27(24,5)23(20)12-14-26(21,22)4/h17-18,20-24H,6-16H2,1-5H3/t18-,20+,21-,22-,23-,24-,26+,27-/m0/s1. The Balaban J connectivity index is 1.51. The molecule has 4 aliphatic rings. The molecule has 0 bridgehead atoms. The van der Waals surface area contributed by atoms with Crippen molar-refractivity contribution in [2.24, 2.45) is 52.3 Å². The predicted octanol–water partition coefficient (Wildman–Crippen LogP) is 6.86. The van der Waals surface area contributed by atoms with Gasteiger partial charge in [0.15, 0.2) is 0 Å². The van der Waals surface area contributed by atoms with Crippen molar-refractivity contribution < 1.29 is 9.59 Å². The normalized spacial score (nSPS) is 45.7. The van der Waals surface area contributed by atoms with Gasteiger partial charge in [-0.3, -0.25) is 9.59 Å². The molecule has 0 aromatic rings. The maximum absolute atomic E-state index is 13.2. The molecular weight excluding hydrogens is 356 g/mol. The van der Waals surface area contributed by atoms with Crippen molar-refractivity contribution in [1.82, 2.24) is 0 Å². The summed E-state index contributed by atoms with van der Waals surface area (Å²) in [6.07, 6.45) is 12.4. The van der Waals surface area contributed by atoms with Crippen molar-refractivity contribution in [3.05, 3.63) is 0 Å². The first-order chi connectivity index (χ1) is 13.7. The van der Waals surface area contributed by atoms with Crippen LogP contribution in [0.4, 0.5) is 0 Å². The number of Topliss-reactive ketones (excluding diaryl/α,β-unsaturated/α-hetero) is 2. The van der Waals surface area contributed by atoms with Gasteiger partial charge in [-0.1, -0.05) is 53.9 Å². The fraction of sp³-hybridized carbons (Fsp3) is 0.926. The molecule has 0 aliphatic heterocycles. The molecule has 0 spiro atoms. The molecule has 0 radical (unpaired) electrons. The lowest BCUT2D eigenvalue weighted by Crippen LogP contribution is -2.56. The molecule has 4 aliphatic carbocycles. The zero-order valence-electron chi connectivity index (χ0n) is 19.6. The second kappa shape index (κ2) is 7.79. The van der Waals surface area contributed by atoms with Crippen LogP contribution < -0.4 is 0 Å². The number of hydrogen-bond acceptors (Lipinski definition) is 2. The maximum Gasteiger partial charge on any atom is 0.137 e. The van der Waals surface area contributed by atoms with E-state index < -0.39 is 0 Å². The van der Waals surface area contributed by atoms with E-state index in [1.54, 1.807) is 0 Å². The van der Waals surface area contributed by atoms with Gasteiger partial charge < -0.3 is 0 Å². The average Bonchev–Trinajstić information content (AvgIpc) is 3.00. The van der Waals surface area contributed by atoms with Crippen LogP contribution in [0.1, 0.15) is 105 Å². The number of hydrogen-bond donors (Lipinski definition) is 0. The van der Waals surface area contributed by atoms with E-state index in [1.807, 2.05) is 0 Å². The molecular formula is C27H44O2. The maximum atomic E-state index is 13.2. The second-order valence-corrected chi connectivity index (χ2v) is 12.4. The summed E-state index contributed by atoms with van der Waals surface area (Å²) in [6.45, 7) is 12.2. The lowest BCUT2D eigenvalue weighted by atomic mass is 9.44. The van der Waals surface area contributed by atoms with E-state index in [1.165, 1.54) is 44.9 Å². The summed E-state index contributed by atoms with van der Waals surface area (Å²) in [6, 6.07) is 0. The summed E-state index contributed by atoms with van der Waals surface area (Å²) in [5, 5.41) is 0. The van der Waals surface area contributed by atoms with Crippen molar-refractivity contribution in [2.45, 2.75) is 105 Å². The Bertz CT molecular complexity index is 651. The van der Waals surface area contributed by atoms with Crippen molar-refractivity contribution in [3.8, 4) is 0 Å². The molecule has 4 fully saturated rings. The Hall–Kier alpha value is -0.660. The van der Waals surface area contributed by atoms with Crippen LogP contribution in [0, 0.1) is 52.3 Å². The van der Waals surface area contributed by atoms with Crippen LogP contribution in [-0.4, -0.2) is 11.6 Å². The fourth-order valence-electron chi connectivity index (χ4n) is 8.86. The minimum atomic E-state index is 0.0292. The summed E-state index contributed by atoms with van der Waals surface area (Å²) in [7, 11) is 0. The van der Waals surface area contributed by atoms with Gasteiger partial charge in [0.25, 0.3) is 0 Å². The molecule has 0 unspecified atom stereocenters. The number of ketones is 2. The summed E-state index contributed by atoms with van der Waals surface area (Å²) in [5.41, 5.74) is 0.530. The van der Waals surface area contributed by atoms with E-state index in [0.717, 1.165) is 36.5 Å². The molecule has 0 aromatic carbocycles. The third-order valence-corrected chi connectivity index (χ3v) is 10.5. The molecule has 0 N–H and O–H groups in total. The quantitative estimate of drug-likeness (QED) is 0.505. The smallest absolute Gasteiger partial charge is 0.137 e. The van der Waals surface area contributed by atoms with Gasteiger partial charge in [-0.15, -0.1) is 0 Å². The minimum absolute atomic E-state index is 0.0292. The van der Waals surface area contributed by atoms with Crippen LogP contribution >= 0.6 is 0 Å². The molecule has 164 valence electrons. The van der Waals surface area contributed by atoms with Gasteiger partial charge in [0.2, 0.25) is 0 Å². The van der Waals surface area contributed by atoms with E-state index in [4.69, 9.17) is 0 Å². The summed E-state index contributed by atoms with van der Waals surface area (Å²) in [4.78, 5) is 25.3. The molecule has 2 heteroatoms. The van der Waals surface area contributed by atoms with E-state index in [9.17, 15) is 9.59 Å². The molecule has 4 rings (SSSR count). The SMILES string of the molecule is CC(C)CCC[C@H](C)[C@@H]1CC[C@H]2[C@H]3CC(=O)[C@@H]4CC(=O)CC[C@@]4(C)[C@H]3CC[C@@]21C. The van der Waals surface area contributed by atoms with Crippen molar-refractivity contribution in [2.75, 3.05) is 0 Å². The highest BCUT2D eigenvalue weighted by Crippen LogP contribution is 2.67. The molecule has 8 atom stereocenters. The van der Waals surface area contributed by atoms with Crippen LogP contribution in [-0.2, 0) is 9.59 Å². The highest BCUT2D eigenvalue weighted by molar-refractivity contribution is 5.90. The Morgan fingerprint density at radius 2 is 1.62 bits per heavy atom. The Morgan fingerprint density at radius 3 is 2.34 bits per heavy atom. The number of fused-ring (bicyclic) bond motifs is 5. The Labute approximate surface area is 179 Å². The van der Waals surface area contributed by atoms with Gasteiger partial charge in [0.05, 0.1) is 0 Å². The molecule has 0 aromatic heterocycles. The molecule has 4 saturated carbocycles. The van der Waals surface area contributed by atoms with Crippen LogP contribution in [0.25, 0.3) is 0 Å². The predicted molar refractivity (Wildman–Crippen MR) is 118 cm³/mol. The Morgan fingerprint density at radius 1 is 0.897 bits per heavy atom. The number of rotatable bonds is 5. The van der Waals surface area contributed by atoms with Crippen LogP contribution in [0.15, 0.2) is 0 Å². The molecule has 29 heavy (non-hydrogen) atoms. The molecule has 0 saturated heterocycles. The highest BCUT2D eigenvalue weighted by atomic mass is 16.1. The van der Waals surface area contributed by atoms with Gasteiger partial charge >= 0.3 is 0 Å². The average molecular weight is 401 g/mol. The molecule has 2 nitrogen and oxygen atoms in total. The summed E-state index contributed by atoms with van der Waals surface area (Å²) in [5.74, 6) is 5.25. The van der Waals surface area contributed by atoms with Gasteiger partial charge in [0.1, 0.15) is 11.6 Å². The summed E-state index contributed by atoms with van der Waals surface area (Å²) < 4.78 is 0. The van der Waals surface area contributed by atoms with Gasteiger partial charge in [-0.2, -0.15) is 0 Å². The lowest BCUT2D eigenvalue weighted by molar-refractivity contribution is -0.159. The second-order valence-electron chi connectivity index (χ2n) is 12.4. The lowest BCUT2D eigenvalue weighted by Gasteiger charge is -2.59. The third-order valence-electron chi connectivity index (χ3n) is 10.5. The van der Waals surface area contributed by atoms with Crippen LogP contribution in [0.2, 0.25) is 0 Å². The van der Waals surface area contributed by atoms with Crippen molar-refractivity contribution in [3.63, 3.8) is 0 Å².